The van der Waals surface area contributed by atoms with Crippen LogP contribution in [-0.4, -0.2) is 21.1 Å². The van der Waals surface area contributed by atoms with E-state index < -0.39 is 0 Å². The minimum Gasteiger partial charge on any atom is -0.310 e. The zero-order valence-corrected chi connectivity index (χ0v) is 12.5. The van der Waals surface area contributed by atoms with Gasteiger partial charge in [0.15, 0.2) is 0 Å². The molecule has 3 aromatic rings. The number of hydrogen-bond acceptors (Lipinski definition) is 3. The first-order valence-electron chi connectivity index (χ1n) is 7.34. The predicted octanol–water partition coefficient (Wildman–Crippen LogP) is 2.93. The van der Waals surface area contributed by atoms with E-state index in [0.29, 0.717) is 0 Å². The van der Waals surface area contributed by atoms with Crippen LogP contribution in [0.5, 0.6) is 0 Å². The van der Waals surface area contributed by atoms with Gasteiger partial charge in [0.1, 0.15) is 0 Å². The lowest BCUT2D eigenvalue weighted by molar-refractivity contribution is 0.552. The molecule has 21 heavy (non-hydrogen) atoms. The Bertz CT molecular complexity index is 732. The van der Waals surface area contributed by atoms with Crippen molar-refractivity contribution in [1.29, 1.82) is 0 Å². The minimum absolute atomic E-state index is 0.248. The van der Waals surface area contributed by atoms with Crippen molar-refractivity contribution in [3.05, 3.63) is 65.7 Å². The molecule has 1 aromatic carbocycles. The van der Waals surface area contributed by atoms with Crippen LogP contribution in [0.3, 0.4) is 0 Å². The molecule has 0 aliphatic heterocycles. The van der Waals surface area contributed by atoms with E-state index in [2.05, 4.69) is 53.5 Å². The van der Waals surface area contributed by atoms with Crippen molar-refractivity contribution < 1.29 is 0 Å². The molecular weight excluding hydrogens is 260 g/mol. The molecule has 0 aliphatic carbocycles. The molecule has 3 rings (SSSR count). The third-order valence-corrected chi connectivity index (χ3v) is 3.87. The molecule has 0 fully saturated rings. The molecule has 0 spiro atoms. The molecule has 4 nitrogen and oxygen atoms in total. The van der Waals surface area contributed by atoms with Crippen molar-refractivity contribution in [2.75, 3.05) is 6.54 Å². The minimum atomic E-state index is 0.248. The smallest absolute Gasteiger partial charge is 0.0892 e. The van der Waals surface area contributed by atoms with Gasteiger partial charge in [-0.1, -0.05) is 31.2 Å². The van der Waals surface area contributed by atoms with E-state index in [1.807, 2.05) is 23.1 Å². The van der Waals surface area contributed by atoms with Crippen LogP contribution in [0, 0.1) is 6.92 Å². The Hall–Kier alpha value is -2.20. The number of rotatable bonds is 5. The Morgan fingerprint density at radius 3 is 2.90 bits per heavy atom. The van der Waals surface area contributed by atoms with E-state index in [-0.39, 0.29) is 6.04 Å². The van der Waals surface area contributed by atoms with Crippen LogP contribution >= 0.6 is 0 Å². The summed E-state index contributed by atoms with van der Waals surface area (Å²) >= 11 is 0. The zero-order valence-electron chi connectivity index (χ0n) is 12.5. The van der Waals surface area contributed by atoms with Gasteiger partial charge in [-0.25, -0.2) is 4.52 Å². The molecule has 108 valence electrons. The number of benzene rings is 1. The van der Waals surface area contributed by atoms with Gasteiger partial charge < -0.3 is 5.32 Å². The Morgan fingerprint density at radius 1 is 1.24 bits per heavy atom. The first kappa shape index (κ1) is 13.8. The molecule has 0 bridgehead atoms. The lowest BCUT2D eigenvalue weighted by Crippen LogP contribution is -2.23. The lowest BCUT2D eigenvalue weighted by atomic mass is 9.97. The van der Waals surface area contributed by atoms with Crippen molar-refractivity contribution in [3.63, 3.8) is 0 Å². The van der Waals surface area contributed by atoms with Gasteiger partial charge >= 0.3 is 0 Å². The van der Waals surface area contributed by atoms with Gasteiger partial charge in [0.05, 0.1) is 17.9 Å². The van der Waals surface area contributed by atoms with E-state index in [4.69, 9.17) is 0 Å². The highest BCUT2D eigenvalue weighted by atomic mass is 15.2. The van der Waals surface area contributed by atoms with E-state index in [9.17, 15) is 0 Å². The molecule has 0 saturated heterocycles. The molecular formula is C17H20N4. The van der Waals surface area contributed by atoms with Crippen molar-refractivity contribution >= 4 is 5.52 Å². The maximum absolute atomic E-state index is 4.42. The number of likely N-dealkylation sites (N-methyl/N-ethyl adjacent to an activating group) is 1. The van der Waals surface area contributed by atoms with Crippen molar-refractivity contribution in [1.82, 2.24) is 19.9 Å². The van der Waals surface area contributed by atoms with Crippen LogP contribution in [0.15, 0.2) is 49.1 Å². The molecule has 0 amide bonds. The second kappa shape index (κ2) is 6.06. The van der Waals surface area contributed by atoms with Crippen LogP contribution < -0.4 is 5.32 Å². The molecule has 1 atom stereocenters. The van der Waals surface area contributed by atoms with Crippen LogP contribution in [0.1, 0.15) is 29.7 Å². The van der Waals surface area contributed by atoms with Gasteiger partial charge in [-0.05, 0) is 31.0 Å². The van der Waals surface area contributed by atoms with Crippen molar-refractivity contribution in [2.45, 2.75) is 26.3 Å². The molecule has 1 N–H and O–H groups in total. The van der Waals surface area contributed by atoms with E-state index in [0.717, 1.165) is 18.5 Å². The highest BCUT2D eigenvalue weighted by molar-refractivity contribution is 5.53. The number of fused-ring (bicyclic) bond motifs is 1. The number of aryl methyl sites for hydroxylation is 1. The average molecular weight is 280 g/mol. The third kappa shape index (κ3) is 2.81. The normalized spacial score (nSPS) is 12.7. The first-order chi connectivity index (χ1) is 10.3. The van der Waals surface area contributed by atoms with Crippen LogP contribution in [0.4, 0.5) is 0 Å². The van der Waals surface area contributed by atoms with Crippen LogP contribution in [-0.2, 0) is 6.42 Å². The predicted molar refractivity (Wildman–Crippen MR) is 84.3 cm³/mol. The summed E-state index contributed by atoms with van der Waals surface area (Å²) in [5.74, 6) is 0. The van der Waals surface area contributed by atoms with Gasteiger partial charge in [-0.15, -0.1) is 0 Å². The standard InChI is InChI=1S/C17H20N4/c1-3-19-16(10-14-7-5-4-6-13(14)2)15-11-20-21-9-8-18-12-17(15)21/h4-9,11-12,16,19H,3,10H2,1-2H3. The number of nitrogens with zero attached hydrogens (tertiary/aromatic N) is 3. The molecule has 0 saturated carbocycles. The van der Waals surface area contributed by atoms with Crippen LogP contribution in [0.25, 0.3) is 5.52 Å². The van der Waals surface area contributed by atoms with Gasteiger partial charge in [-0.2, -0.15) is 5.10 Å². The SMILES string of the molecule is CCNC(Cc1ccccc1C)c1cnn2ccncc12. The number of hydrogen-bond donors (Lipinski definition) is 1. The molecule has 4 heteroatoms. The van der Waals surface area contributed by atoms with E-state index >= 15 is 0 Å². The number of aromatic nitrogens is 3. The molecule has 1 unspecified atom stereocenters. The highest BCUT2D eigenvalue weighted by Gasteiger charge is 2.17. The van der Waals surface area contributed by atoms with E-state index in [1.54, 1.807) is 6.20 Å². The fourth-order valence-electron chi connectivity index (χ4n) is 2.72. The fourth-order valence-corrected chi connectivity index (χ4v) is 2.72. The summed E-state index contributed by atoms with van der Waals surface area (Å²) < 4.78 is 1.88. The quantitative estimate of drug-likeness (QED) is 0.781. The van der Waals surface area contributed by atoms with E-state index in [1.165, 1.54) is 16.7 Å². The summed E-state index contributed by atoms with van der Waals surface area (Å²) in [6.45, 7) is 5.22. The average Bonchev–Trinajstić information content (AvgIpc) is 2.93. The Balaban J connectivity index is 1.96. The maximum atomic E-state index is 4.42. The maximum Gasteiger partial charge on any atom is 0.0892 e. The van der Waals surface area contributed by atoms with Gasteiger partial charge in [-0.3, -0.25) is 4.98 Å². The third-order valence-electron chi connectivity index (χ3n) is 3.87. The monoisotopic (exact) mass is 280 g/mol. The molecule has 0 radical (unpaired) electrons. The summed E-state index contributed by atoms with van der Waals surface area (Å²) in [6, 6.07) is 8.79. The largest absolute Gasteiger partial charge is 0.310 e. The highest BCUT2D eigenvalue weighted by Crippen LogP contribution is 2.23. The van der Waals surface area contributed by atoms with Crippen LogP contribution in [0.2, 0.25) is 0 Å². The summed E-state index contributed by atoms with van der Waals surface area (Å²) in [7, 11) is 0. The topological polar surface area (TPSA) is 42.2 Å². The Labute approximate surface area is 124 Å². The van der Waals surface area contributed by atoms with Gasteiger partial charge in [0.2, 0.25) is 0 Å². The summed E-state index contributed by atoms with van der Waals surface area (Å²) in [5.41, 5.74) is 4.96. The molecule has 2 aromatic heterocycles. The Kier molecular flexibility index (Phi) is 3.97. The lowest BCUT2D eigenvalue weighted by Gasteiger charge is -2.18. The molecule has 0 aliphatic rings. The second-order valence-electron chi connectivity index (χ2n) is 5.25. The zero-order chi connectivity index (χ0) is 14.7. The van der Waals surface area contributed by atoms with Crippen molar-refractivity contribution in [2.24, 2.45) is 0 Å². The molecule has 2 heterocycles. The number of nitrogens with one attached hydrogen (secondary N) is 1. The summed E-state index contributed by atoms with van der Waals surface area (Å²) in [5, 5.41) is 7.99. The summed E-state index contributed by atoms with van der Waals surface area (Å²) in [6.07, 6.45) is 8.42. The van der Waals surface area contributed by atoms with Crippen molar-refractivity contribution in [3.8, 4) is 0 Å². The second-order valence-corrected chi connectivity index (χ2v) is 5.25. The van der Waals surface area contributed by atoms with Gasteiger partial charge in [0.25, 0.3) is 0 Å². The first-order valence-corrected chi connectivity index (χ1v) is 7.34. The summed E-state index contributed by atoms with van der Waals surface area (Å²) in [4.78, 5) is 4.22. The Morgan fingerprint density at radius 2 is 2.10 bits per heavy atom. The fraction of sp³-hybridized carbons (Fsp3) is 0.294. The van der Waals surface area contributed by atoms with Gasteiger partial charge in [0, 0.05) is 24.0 Å².